The van der Waals surface area contributed by atoms with Crippen molar-refractivity contribution >= 4 is 5.97 Å². The average molecular weight is 237 g/mol. The maximum atomic E-state index is 10.9. The van der Waals surface area contributed by atoms with E-state index in [1.54, 1.807) is 0 Å². The van der Waals surface area contributed by atoms with E-state index in [9.17, 15) is 4.79 Å². The van der Waals surface area contributed by atoms with Gasteiger partial charge in [0, 0.05) is 30.8 Å². The molecule has 0 aromatic rings. The van der Waals surface area contributed by atoms with Crippen LogP contribution < -0.4 is 0 Å². The van der Waals surface area contributed by atoms with Crippen LogP contribution >= 0.6 is 0 Å². The first-order valence-electron chi connectivity index (χ1n) is 6.38. The maximum absolute atomic E-state index is 10.9. The summed E-state index contributed by atoms with van der Waals surface area (Å²) in [6, 6.07) is 0. The van der Waals surface area contributed by atoms with Crippen molar-refractivity contribution in [2.45, 2.75) is 33.6 Å². The van der Waals surface area contributed by atoms with Crippen molar-refractivity contribution in [1.29, 1.82) is 0 Å². The van der Waals surface area contributed by atoms with E-state index in [2.05, 4.69) is 24.8 Å². The molecule has 1 fully saturated rings. The van der Waals surface area contributed by atoms with E-state index in [0.717, 1.165) is 18.8 Å². The standard InChI is InChI=1S/C14H23NO2/c1-4-7-11(2)12(3)13(10-14(16)17)15-8-5-6-9-15/h4,7,10-12H,5-6,8-9H2,1-3H3,(H,16,17)/t11-,12-/m1/s1. The van der Waals surface area contributed by atoms with Crippen LogP contribution in [0, 0.1) is 11.8 Å². The quantitative estimate of drug-likeness (QED) is 0.590. The van der Waals surface area contributed by atoms with E-state index >= 15 is 0 Å². The van der Waals surface area contributed by atoms with Crippen LogP contribution in [0.15, 0.2) is 23.9 Å². The van der Waals surface area contributed by atoms with Gasteiger partial charge in [-0.15, -0.1) is 0 Å². The highest BCUT2D eigenvalue weighted by Crippen LogP contribution is 2.27. The monoisotopic (exact) mass is 237 g/mol. The summed E-state index contributed by atoms with van der Waals surface area (Å²) in [5, 5.41) is 8.98. The molecule has 1 aliphatic heterocycles. The van der Waals surface area contributed by atoms with Gasteiger partial charge in [-0.2, -0.15) is 0 Å². The number of allylic oxidation sites excluding steroid dienone is 3. The molecular formula is C14H23NO2. The molecule has 0 saturated carbocycles. The molecule has 17 heavy (non-hydrogen) atoms. The summed E-state index contributed by atoms with van der Waals surface area (Å²) in [5.41, 5.74) is 0.973. The molecule has 3 nitrogen and oxygen atoms in total. The minimum atomic E-state index is -0.841. The summed E-state index contributed by atoms with van der Waals surface area (Å²) in [6.07, 6.45) is 7.89. The van der Waals surface area contributed by atoms with Crippen LogP contribution in [0.1, 0.15) is 33.6 Å². The first-order chi connectivity index (χ1) is 8.06. The van der Waals surface area contributed by atoms with Gasteiger partial charge >= 0.3 is 5.97 Å². The largest absolute Gasteiger partial charge is 0.478 e. The van der Waals surface area contributed by atoms with Crippen LogP contribution in [0.4, 0.5) is 0 Å². The second-order valence-corrected chi connectivity index (χ2v) is 4.78. The smallest absolute Gasteiger partial charge is 0.330 e. The molecule has 1 aliphatic rings. The Hall–Kier alpha value is -1.25. The molecule has 2 atom stereocenters. The first-order valence-corrected chi connectivity index (χ1v) is 6.38. The lowest BCUT2D eigenvalue weighted by molar-refractivity contribution is -0.131. The van der Waals surface area contributed by atoms with Gasteiger partial charge in [0.25, 0.3) is 0 Å². The van der Waals surface area contributed by atoms with E-state index in [1.807, 2.05) is 13.0 Å². The highest BCUT2D eigenvalue weighted by Gasteiger charge is 2.23. The van der Waals surface area contributed by atoms with E-state index in [1.165, 1.54) is 18.9 Å². The summed E-state index contributed by atoms with van der Waals surface area (Å²) in [4.78, 5) is 13.2. The lowest BCUT2D eigenvalue weighted by atomic mass is 9.91. The van der Waals surface area contributed by atoms with E-state index in [-0.39, 0.29) is 5.92 Å². The van der Waals surface area contributed by atoms with Gasteiger partial charge in [-0.3, -0.25) is 0 Å². The highest BCUT2D eigenvalue weighted by atomic mass is 16.4. The first kappa shape index (κ1) is 13.8. The number of hydrogen-bond acceptors (Lipinski definition) is 2. The molecular weight excluding hydrogens is 214 g/mol. The van der Waals surface area contributed by atoms with E-state index in [0.29, 0.717) is 5.92 Å². The number of rotatable bonds is 5. The zero-order chi connectivity index (χ0) is 12.8. The van der Waals surface area contributed by atoms with Gasteiger partial charge in [-0.1, -0.05) is 26.0 Å². The Morgan fingerprint density at radius 1 is 1.29 bits per heavy atom. The van der Waals surface area contributed by atoms with Gasteiger partial charge in [-0.05, 0) is 25.7 Å². The Morgan fingerprint density at radius 3 is 2.35 bits per heavy atom. The maximum Gasteiger partial charge on any atom is 0.330 e. The van der Waals surface area contributed by atoms with Crippen molar-refractivity contribution in [3.63, 3.8) is 0 Å². The lowest BCUT2D eigenvalue weighted by Gasteiger charge is -2.29. The molecule has 1 rings (SSSR count). The van der Waals surface area contributed by atoms with Crippen molar-refractivity contribution in [2.24, 2.45) is 11.8 Å². The molecule has 0 aliphatic carbocycles. The van der Waals surface area contributed by atoms with Gasteiger partial charge < -0.3 is 10.0 Å². The van der Waals surface area contributed by atoms with Gasteiger partial charge in [0.05, 0.1) is 0 Å². The Labute approximate surface area is 104 Å². The molecule has 1 N–H and O–H groups in total. The third-order valence-electron chi connectivity index (χ3n) is 3.49. The summed E-state index contributed by atoms with van der Waals surface area (Å²) < 4.78 is 0. The normalized spacial score (nSPS) is 20.9. The van der Waals surface area contributed by atoms with Crippen molar-refractivity contribution in [3.8, 4) is 0 Å². The molecule has 0 spiro atoms. The summed E-state index contributed by atoms with van der Waals surface area (Å²) in [5.74, 6) is -0.224. The second-order valence-electron chi connectivity index (χ2n) is 4.78. The van der Waals surface area contributed by atoms with E-state index < -0.39 is 5.97 Å². The summed E-state index contributed by atoms with van der Waals surface area (Å²) in [7, 11) is 0. The van der Waals surface area contributed by atoms with Crippen molar-refractivity contribution in [1.82, 2.24) is 4.90 Å². The number of carboxylic acids is 1. The number of carbonyl (C=O) groups is 1. The average Bonchev–Trinajstić information content (AvgIpc) is 2.78. The van der Waals surface area contributed by atoms with E-state index in [4.69, 9.17) is 5.11 Å². The van der Waals surface area contributed by atoms with Gasteiger partial charge in [0.1, 0.15) is 0 Å². The molecule has 0 unspecified atom stereocenters. The van der Waals surface area contributed by atoms with Crippen LogP contribution in [-0.2, 0) is 4.79 Å². The van der Waals surface area contributed by atoms with Crippen LogP contribution in [0.25, 0.3) is 0 Å². The number of hydrogen-bond donors (Lipinski definition) is 1. The fourth-order valence-corrected chi connectivity index (χ4v) is 2.35. The minimum absolute atomic E-state index is 0.250. The fourth-order valence-electron chi connectivity index (χ4n) is 2.35. The SMILES string of the molecule is CC=C[C@@H](C)[C@@H](C)C(=CC(=O)O)N1CCCC1. The number of likely N-dealkylation sites (tertiary alicyclic amines) is 1. The molecule has 0 aromatic heterocycles. The topological polar surface area (TPSA) is 40.5 Å². The number of nitrogens with zero attached hydrogens (tertiary/aromatic N) is 1. The summed E-state index contributed by atoms with van der Waals surface area (Å²) >= 11 is 0. The molecule has 0 aromatic carbocycles. The molecule has 0 radical (unpaired) electrons. The third-order valence-corrected chi connectivity index (χ3v) is 3.49. The minimum Gasteiger partial charge on any atom is -0.478 e. The van der Waals surface area contributed by atoms with Crippen LogP contribution in [-0.4, -0.2) is 29.1 Å². The van der Waals surface area contributed by atoms with Crippen LogP contribution in [0.2, 0.25) is 0 Å². The lowest BCUT2D eigenvalue weighted by Crippen LogP contribution is -2.26. The molecule has 96 valence electrons. The number of aliphatic carboxylic acids is 1. The van der Waals surface area contributed by atoms with Crippen LogP contribution in [0.3, 0.4) is 0 Å². The zero-order valence-corrected chi connectivity index (χ0v) is 11.0. The molecule has 3 heteroatoms. The van der Waals surface area contributed by atoms with Crippen molar-refractivity contribution in [2.75, 3.05) is 13.1 Å². The molecule has 0 amide bonds. The van der Waals surface area contributed by atoms with Crippen molar-refractivity contribution < 1.29 is 9.90 Å². The Balaban J connectivity index is 2.85. The Bertz CT molecular complexity index is 314. The predicted molar refractivity (Wildman–Crippen MR) is 69.7 cm³/mol. The second kappa shape index (κ2) is 6.48. The van der Waals surface area contributed by atoms with Gasteiger partial charge in [0.2, 0.25) is 0 Å². The predicted octanol–water partition coefficient (Wildman–Crippen LogP) is 2.90. The fraction of sp³-hybridized carbons (Fsp3) is 0.643. The van der Waals surface area contributed by atoms with Crippen molar-refractivity contribution in [3.05, 3.63) is 23.9 Å². The molecule has 1 saturated heterocycles. The van der Waals surface area contributed by atoms with Gasteiger partial charge in [0.15, 0.2) is 0 Å². The summed E-state index contributed by atoms with van der Waals surface area (Å²) in [6.45, 7) is 8.23. The zero-order valence-electron chi connectivity index (χ0n) is 11.0. The Kier molecular flexibility index (Phi) is 5.26. The molecule has 1 heterocycles. The Morgan fingerprint density at radius 2 is 1.88 bits per heavy atom. The van der Waals surface area contributed by atoms with Gasteiger partial charge in [-0.25, -0.2) is 4.79 Å². The highest BCUT2D eigenvalue weighted by molar-refractivity contribution is 5.80. The number of carboxylic acid groups (broad SMARTS) is 1. The van der Waals surface area contributed by atoms with Crippen LogP contribution in [0.5, 0.6) is 0 Å². The molecule has 0 bridgehead atoms. The third kappa shape index (κ3) is 3.91.